The highest BCUT2D eigenvalue weighted by Crippen LogP contribution is 2.28. The molecule has 0 radical (unpaired) electrons. The Morgan fingerprint density at radius 3 is 2.52 bits per heavy atom. The lowest BCUT2D eigenvalue weighted by molar-refractivity contribution is 0.308. The third-order valence-electron chi connectivity index (χ3n) is 4.14. The molecular formula is C19H19N5S. The topological polar surface area (TPSA) is 46.3 Å². The summed E-state index contributed by atoms with van der Waals surface area (Å²) in [7, 11) is 2.09. The molecule has 126 valence electrons. The maximum absolute atomic E-state index is 4.75. The fourth-order valence-corrected chi connectivity index (χ4v) is 3.82. The second kappa shape index (κ2) is 6.74. The molecule has 0 unspecified atom stereocenters. The van der Waals surface area contributed by atoms with Crippen LogP contribution in [0.4, 0.5) is 0 Å². The highest BCUT2D eigenvalue weighted by molar-refractivity contribution is 7.19. The molecule has 0 saturated carbocycles. The summed E-state index contributed by atoms with van der Waals surface area (Å²) < 4.78 is 1.87. The van der Waals surface area contributed by atoms with E-state index in [1.54, 1.807) is 11.3 Å². The number of hydrogen-bond acceptors (Lipinski definition) is 5. The third-order valence-corrected chi connectivity index (χ3v) is 5.07. The molecule has 4 aromatic rings. The van der Waals surface area contributed by atoms with Gasteiger partial charge in [-0.25, -0.2) is 0 Å². The average Bonchev–Trinajstić information content (AvgIpc) is 3.18. The van der Waals surface area contributed by atoms with Gasteiger partial charge in [0.15, 0.2) is 5.82 Å². The molecule has 6 heteroatoms. The van der Waals surface area contributed by atoms with Gasteiger partial charge in [-0.05, 0) is 25.1 Å². The lowest BCUT2D eigenvalue weighted by Crippen LogP contribution is -2.19. The molecule has 5 nitrogen and oxygen atoms in total. The average molecular weight is 349 g/mol. The predicted molar refractivity (Wildman–Crippen MR) is 100 cm³/mol. The van der Waals surface area contributed by atoms with Crippen LogP contribution in [-0.2, 0) is 13.1 Å². The first-order valence-electron chi connectivity index (χ1n) is 8.20. The molecule has 0 bridgehead atoms. The van der Waals surface area contributed by atoms with E-state index in [4.69, 9.17) is 5.10 Å². The molecule has 0 aliphatic heterocycles. The van der Waals surface area contributed by atoms with Crippen molar-refractivity contribution in [1.29, 1.82) is 0 Å². The molecular weight excluding hydrogens is 330 g/mol. The minimum atomic E-state index is 0.701. The molecule has 0 aliphatic carbocycles. The van der Waals surface area contributed by atoms with E-state index in [1.165, 1.54) is 11.1 Å². The summed E-state index contributed by atoms with van der Waals surface area (Å²) in [4.78, 5) is 3.06. The van der Waals surface area contributed by atoms with E-state index in [0.717, 1.165) is 27.9 Å². The molecule has 0 atom stereocenters. The van der Waals surface area contributed by atoms with E-state index < -0.39 is 0 Å². The largest absolute Gasteiger partial charge is 0.295 e. The van der Waals surface area contributed by atoms with E-state index in [2.05, 4.69) is 65.5 Å². The Bertz CT molecular complexity index is 989. The van der Waals surface area contributed by atoms with Gasteiger partial charge in [-0.3, -0.25) is 4.90 Å². The van der Waals surface area contributed by atoms with Gasteiger partial charge in [-0.1, -0.05) is 65.9 Å². The van der Waals surface area contributed by atoms with Crippen LogP contribution in [0.2, 0.25) is 0 Å². The van der Waals surface area contributed by atoms with Crippen LogP contribution in [0.25, 0.3) is 15.5 Å². The minimum Gasteiger partial charge on any atom is -0.295 e. The smallest absolute Gasteiger partial charge is 0.235 e. The van der Waals surface area contributed by atoms with E-state index in [1.807, 2.05) is 22.7 Å². The molecule has 0 aliphatic rings. The van der Waals surface area contributed by atoms with Crippen molar-refractivity contribution >= 4 is 16.3 Å². The summed E-state index contributed by atoms with van der Waals surface area (Å²) >= 11 is 1.58. The number of fused-ring (bicyclic) bond motifs is 1. The third kappa shape index (κ3) is 3.31. The van der Waals surface area contributed by atoms with Crippen LogP contribution in [0.15, 0.2) is 54.6 Å². The molecule has 4 rings (SSSR count). The summed E-state index contributed by atoms with van der Waals surface area (Å²) in [5.74, 6) is 0.865. The number of aryl methyl sites for hydroxylation is 1. The number of benzene rings is 2. The van der Waals surface area contributed by atoms with Crippen LogP contribution in [0, 0.1) is 6.92 Å². The van der Waals surface area contributed by atoms with Crippen molar-refractivity contribution in [1.82, 2.24) is 24.7 Å². The fourth-order valence-electron chi connectivity index (χ4n) is 2.87. The first kappa shape index (κ1) is 15.9. The normalized spacial score (nSPS) is 11.5. The van der Waals surface area contributed by atoms with Gasteiger partial charge < -0.3 is 0 Å². The SMILES string of the molecule is Cc1ccccc1-c1nn2c(CN(C)Cc3ccccc3)nnc2s1. The molecule has 2 aromatic carbocycles. The van der Waals surface area contributed by atoms with Crippen LogP contribution >= 0.6 is 11.3 Å². The Morgan fingerprint density at radius 2 is 1.72 bits per heavy atom. The first-order valence-corrected chi connectivity index (χ1v) is 9.02. The number of hydrogen-bond donors (Lipinski definition) is 0. The Hall–Kier alpha value is -2.57. The van der Waals surface area contributed by atoms with Gasteiger partial charge in [0, 0.05) is 12.1 Å². The van der Waals surface area contributed by atoms with Crippen molar-refractivity contribution in [2.24, 2.45) is 0 Å². The molecule has 0 N–H and O–H groups in total. The van der Waals surface area contributed by atoms with E-state index in [9.17, 15) is 0 Å². The molecule has 2 heterocycles. The van der Waals surface area contributed by atoms with Crippen LogP contribution in [0.5, 0.6) is 0 Å². The summed E-state index contributed by atoms with van der Waals surface area (Å²) in [6, 6.07) is 18.7. The standard InChI is InChI=1S/C19H19N5S/c1-14-8-6-7-11-16(14)18-22-24-17(20-21-19(24)25-18)13-23(2)12-15-9-4-3-5-10-15/h3-11H,12-13H2,1-2H3. The van der Waals surface area contributed by atoms with E-state index in [-0.39, 0.29) is 0 Å². The van der Waals surface area contributed by atoms with Crippen LogP contribution in [0.1, 0.15) is 17.0 Å². The summed E-state index contributed by atoms with van der Waals surface area (Å²) in [5.41, 5.74) is 3.65. The van der Waals surface area contributed by atoms with Crippen LogP contribution in [0.3, 0.4) is 0 Å². The van der Waals surface area contributed by atoms with Crippen molar-refractivity contribution in [3.63, 3.8) is 0 Å². The lowest BCUT2D eigenvalue weighted by Gasteiger charge is -2.14. The molecule has 0 fully saturated rings. The van der Waals surface area contributed by atoms with Crippen molar-refractivity contribution < 1.29 is 0 Å². The zero-order valence-corrected chi connectivity index (χ0v) is 15.1. The van der Waals surface area contributed by atoms with Gasteiger partial charge in [-0.2, -0.15) is 9.61 Å². The lowest BCUT2D eigenvalue weighted by atomic mass is 10.1. The van der Waals surface area contributed by atoms with Crippen LogP contribution in [-0.4, -0.2) is 31.8 Å². The minimum absolute atomic E-state index is 0.701. The van der Waals surface area contributed by atoms with Crippen molar-refractivity contribution in [2.45, 2.75) is 20.0 Å². The van der Waals surface area contributed by atoms with Gasteiger partial charge >= 0.3 is 0 Å². The zero-order chi connectivity index (χ0) is 17.2. The van der Waals surface area contributed by atoms with Gasteiger partial charge in [0.1, 0.15) is 5.01 Å². The monoisotopic (exact) mass is 349 g/mol. The quantitative estimate of drug-likeness (QED) is 0.550. The highest BCUT2D eigenvalue weighted by Gasteiger charge is 2.15. The Balaban J connectivity index is 1.57. The number of aromatic nitrogens is 4. The molecule has 0 spiro atoms. The number of rotatable bonds is 5. The Morgan fingerprint density at radius 1 is 0.960 bits per heavy atom. The van der Waals surface area contributed by atoms with Crippen molar-refractivity contribution in [3.05, 3.63) is 71.5 Å². The van der Waals surface area contributed by atoms with Gasteiger partial charge in [0.2, 0.25) is 4.96 Å². The summed E-state index contributed by atoms with van der Waals surface area (Å²) in [6.07, 6.45) is 0. The first-order chi connectivity index (χ1) is 12.2. The van der Waals surface area contributed by atoms with Crippen molar-refractivity contribution in [3.8, 4) is 10.6 Å². The maximum atomic E-state index is 4.75. The maximum Gasteiger partial charge on any atom is 0.235 e. The summed E-state index contributed by atoms with van der Waals surface area (Å²) in [5, 5.41) is 14.3. The molecule has 2 aromatic heterocycles. The molecule has 0 saturated heterocycles. The predicted octanol–water partition coefficient (Wildman–Crippen LogP) is 3.79. The second-order valence-electron chi connectivity index (χ2n) is 6.19. The second-order valence-corrected chi connectivity index (χ2v) is 7.15. The van der Waals surface area contributed by atoms with E-state index in [0.29, 0.717) is 6.54 Å². The Labute approximate surface area is 150 Å². The Kier molecular flexibility index (Phi) is 4.29. The number of nitrogens with zero attached hydrogens (tertiary/aromatic N) is 5. The van der Waals surface area contributed by atoms with Crippen molar-refractivity contribution in [2.75, 3.05) is 7.05 Å². The molecule has 0 amide bonds. The van der Waals surface area contributed by atoms with E-state index >= 15 is 0 Å². The van der Waals surface area contributed by atoms with Gasteiger partial charge in [0.25, 0.3) is 0 Å². The van der Waals surface area contributed by atoms with Gasteiger partial charge in [0.05, 0.1) is 6.54 Å². The molecule has 25 heavy (non-hydrogen) atoms. The highest BCUT2D eigenvalue weighted by atomic mass is 32.1. The van der Waals surface area contributed by atoms with Gasteiger partial charge in [-0.15, -0.1) is 10.2 Å². The van der Waals surface area contributed by atoms with Crippen LogP contribution < -0.4 is 0 Å². The zero-order valence-electron chi connectivity index (χ0n) is 14.3. The fraction of sp³-hybridized carbons (Fsp3) is 0.211. The summed E-state index contributed by atoms with van der Waals surface area (Å²) in [6.45, 7) is 3.67.